The predicted molar refractivity (Wildman–Crippen MR) is 50.9 cm³/mol. The van der Waals surface area contributed by atoms with Gasteiger partial charge in [0.25, 0.3) is 0 Å². The van der Waals surface area contributed by atoms with Gasteiger partial charge in [-0.25, -0.2) is 0 Å². The van der Waals surface area contributed by atoms with Crippen molar-refractivity contribution in [3.63, 3.8) is 0 Å². The molecule has 0 unspecified atom stereocenters. The van der Waals surface area contributed by atoms with Crippen molar-refractivity contribution in [2.24, 2.45) is 0 Å². The summed E-state index contributed by atoms with van der Waals surface area (Å²) in [5.74, 6) is -0.186. The van der Waals surface area contributed by atoms with Gasteiger partial charge in [0.2, 0.25) is 0 Å². The van der Waals surface area contributed by atoms with Crippen LogP contribution in [0.2, 0.25) is 5.02 Å². The van der Waals surface area contributed by atoms with E-state index in [4.69, 9.17) is 11.6 Å². The number of phenolic OH excluding ortho intramolecular Hbond substituents is 1. The molecule has 0 aliphatic carbocycles. The minimum Gasteiger partial charge on any atom is -0.506 e. The molecule has 0 atom stereocenters. The van der Waals surface area contributed by atoms with Gasteiger partial charge in [-0.2, -0.15) is 13.2 Å². The minimum absolute atomic E-state index is 0.0775. The Balaban J connectivity index is 2.55. The molecule has 0 aliphatic heterocycles. The minimum atomic E-state index is -4.26. The molecule has 0 aliphatic rings. The SMILES string of the molecule is Oc1c(Cl)cccc1CNCC(F)(F)F. The number of rotatable bonds is 3. The highest BCUT2D eigenvalue weighted by Crippen LogP contribution is 2.26. The monoisotopic (exact) mass is 239 g/mol. The van der Waals surface area contributed by atoms with E-state index in [1.54, 1.807) is 6.07 Å². The van der Waals surface area contributed by atoms with Crippen LogP contribution in [0.15, 0.2) is 18.2 Å². The predicted octanol–water partition coefficient (Wildman–Crippen LogP) is 2.70. The fraction of sp³-hybridized carbons (Fsp3) is 0.333. The van der Waals surface area contributed by atoms with Gasteiger partial charge < -0.3 is 10.4 Å². The molecule has 15 heavy (non-hydrogen) atoms. The quantitative estimate of drug-likeness (QED) is 0.850. The fourth-order valence-electron chi connectivity index (χ4n) is 1.04. The summed E-state index contributed by atoms with van der Waals surface area (Å²) in [6, 6.07) is 4.53. The highest BCUT2D eigenvalue weighted by atomic mass is 35.5. The van der Waals surface area contributed by atoms with Crippen LogP contribution in [0.4, 0.5) is 13.2 Å². The number of para-hydroxylation sites is 1. The molecule has 0 spiro atoms. The molecular weight excluding hydrogens is 231 g/mol. The van der Waals surface area contributed by atoms with Gasteiger partial charge in [-0.3, -0.25) is 0 Å². The molecule has 0 heterocycles. The number of alkyl halides is 3. The molecule has 2 N–H and O–H groups in total. The molecule has 0 radical (unpaired) electrons. The van der Waals surface area contributed by atoms with Crippen LogP contribution < -0.4 is 5.32 Å². The first-order valence-electron chi connectivity index (χ1n) is 4.14. The topological polar surface area (TPSA) is 32.3 Å². The number of phenols is 1. The summed E-state index contributed by atoms with van der Waals surface area (Å²) in [5.41, 5.74) is 0.340. The van der Waals surface area contributed by atoms with Crippen LogP contribution in [-0.4, -0.2) is 17.8 Å². The summed E-state index contributed by atoms with van der Waals surface area (Å²) in [6.07, 6.45) is -4.26. The van der Waals surface area contributed by atoms with Crippen molar-refractivity contribution >= 4 is 11.6 Å². The Morgan fingerprint density at radius 3 is 2.60 bits per heavy atom. The Bertz CT molecular complexity index is 341. The molecule has 1 aromatic carbocycles. The summed E-state index contributed by atoms with van der Waals surface area (Å²) < 4.78 is 35.4. The summed E-state index contributed by atoms with van der Waals surface area (Å²) >= 11 is 5.58. The molecule has 0 saturated heterocycles. The maximum Gasteiger partial charge on any atom is 0.401 e. The third kappa shape index (κ3) is 3.97. The van der Waals surface area contributed by atoms with Crippen LogP contribution in [0, 0.1) is 0 Å². The lowest BCUT2D eigenvalue weighted by Crippen LogP contribution is -2.28. The van der Waals surface area contributed by atoms with Crippen molar-refractivity contribution in [1.82, 2.24) is 5.32 Å². The Morgan fingerprint density at radius 1 is 1.33 bits per heavy atom. The van der Waals surface area contributed by atoms with Crippen molar-refractivity contribution in [1.29, 1.82) is 0 Å². The van der Waals surface area contributed by atoms with Gasteiger partial charge in [0.05, 0.1) is 11.6 Å². The summed E-state index contributed by atoms with van der Waals surface area (Å²) in [5, 5.41) is 11.7. The molecule has 0 amide bonds. The Hall–Kier alpha value is -0.940. The van der Waals surface area contributed by atoms with Crippen LogP contribution in [0.3, 0.4) is 0 Å². The molecule has 0 fully saturated rings. The van der Waals surface area contributed by atoms with Crippen molar-refractivity contribution in [3.05, 3.63) is 28.8 Å². The average molecular weight is 240 g/mol. The maximum atomic E-state index is 11.8. The van der Waals surface area contributed by atoms with E-state index in [-0.39, 0.29) is 17.3 Å². The zero-order valence-corrected chi connectivity index (χ0v) is 8.36. The van der Waals surface area contributed by atoms with Crippen LogP contribution in [0.5, 0.6) is 5.75 Å². The first-order chi connectivity index (χ1) is 6.90. The van der Waals surface area contributed by atoms with Crippen LogP contribution in [0.25, 0.3) is 0 Å². The Labute approximate surface area is 89.7 Å². The van der Waals surface area contributed by atoms with E-state index in [1.807, 2.05) is 0 Å². The standard InChI is InChI=1S/C9H9ClF3NO/c10-7-3-1-2-6(8(7)15)4-14-5-9(11,12)13/h1-3,14-15H,4-5H2. The van der Waals surface area contributed by atoms with Crippen LogP contribution in [-0.2, 0) is 6.54 Å². The van der Waals surface area contributed by atoms with Crippen molar-refractivity contribution in [3.8, 4) is 5.75 Å². The third-order valence-corrected chi connectivity index (χ3v) is 2.02. The molecule has 0 bridgehead atoms. The number of hydrogen-bond acceptors (Lipinski definition) is 2. The lowest BCUT2D eigenvalue weighted by atomic mass is 10.2. The van der Waals surface area contributed by atoms with Gasteiger partial charge in [0.1, 0.15) is 5.75 Å². The second-order valence-electron chi connectivity index (χ2n) is 2.97. The van der Waals surface area contributed by atoms with Gasteiger partial charge in [0, 0.05) is 12.1 Å². The fourth-order valence-corrected chi connectivity index (χ4v) is 1.24. The number of halogens is 4. The molecular formula is C9H9ClF3NO. The summed E-state index contributed by atoms with van der Waals surface area (Å²) in [7, 11) is 0. The second-order valence-corrected chi connectivity index (χ2v) is 3.37. The van der Waals surface area contributed by atoms with Crippen molar-refractivity contribution < 1.29 is 18.3 Å². The first-order valence-corrected chi connectivity index (χ1v) is 4.52. The zero-order chi connectivity index (χ0) is 11.5. The molecule has 84 valence electrons. The van der Waals surface area contributed by atoms with Gasteiger partial charge in [0.15, 0.2) is 0 Å². The van der Waals surface area contributed by atoms with Gasteiger partial charge in [-0.05, 0) is 6.07 Å². The normalized spacial score (nSPS) is 11.7. The summed E-state index contributed by atoms with van der Waals surface area (Å²) in [6.45, 7) is -1.18. The Morgan fingerprint density at radius 2 is 2.00 bits per heavy atom. The number of nitrogens with one attached hydrogen (secondary N) is 1. The van der Waals surface area contributed by atoms with Crippen LogP contribution >= 0.6 is 11.6 Å². The van der Waals surface area contributed by atoms with E-state index in [2.05, 4.69) is 5.32 Å². The maximum absolute atomic E-state index is 11.8. The molecule has 0 aromatic heterocycles. The smallest absolute Gasteiger partial charge is 0.401 e. The summed E-state index contributed by atoms with van der Waals surface area (Å²) in [4.78, 5) is 0. The number of aromatic hydroxyl groups is 1. The lowest BCUT2D eigenvalue weighted by molar-refractivity contribution is -0.125. The van der Waals surface area contributed by atoms with E-state index in [0.29, 0.717) is 5.56 Å². The first kappa shape index (κ1) is 12.1. The van der Waals surface area contributed by atoms with Crippen molar-refractivity contribution in [2.75, 3.05) is 6.54 Å². The molecule has 6 heteroatoms. The van der Waals surface area contributed by atoms with E-state index in [9.17, 15) is 18.3 Å². The molecule has 2 nitrogen and oxygen atoms in total. The average Bonchev–Trinajstić information content (AvgIpc) is 2.10. The van der Waals surface area contributed by atoms with E-state index < -0.39 is 12.7 Å². The highest BCUT2D eigenvalue weighted by molar-refractivity contribution is 6.32. The second kappa shape index (κ2) is 4.72. The van der Waals surface area contributed by atoms with Crippen LogP contribution in [0.1, 0.15) is 5.56 Å². The van der Waals surface area contributed by atoms with E-state index in [0.717, 1.165) is 0 Å². The molecule has 1 rings (SSSR count). The van der Waals surface area contributed by atoms with Gasteiger partial charge in [-0.15, -0.1) is 0 Å². The van der Waals surface area contributed by atoms with Gasteiger partial charge in [-0.1, -0.05) is 23.7 Å². The number of hydrogen-bond donors (Lipinski definition) is 2. The van der Waals surface area contributed by atoms with E-state index in [1.165, 1.54) is 12.1 Å². The zero-order valence-electron chi connectivity index (χ0n) is 7.61. The van der Waals surface area contributed by atoms with Crippen molar-refractivity contribution in [2.45, 2.75) is 12.7 Å². The third-order valence-electron chi connectivity index (χ3n) is 1.71. The Kier molecular flexibility index (Phi) is 3.82. The highest BCUT2D eigenvalue weighted by Gasteiger charge is 2.26. The number of benzene rings is 1. The van der Waals surface area contributed by atoms with E-state index >= 15 is 0 Å². The van der Waals surface area contributed by atoms with Gasteiger partial charge >= 0.3 is 6.18 Å². The largest absolute Gasteiger partial charge is 0.506 e. The lowest BCUT2D eigenvalue weighted by Gasteiger charge is -2.09. The molecule has 1 aromatic rings. The molecule has 0 saturated carbocycles.